The van der Waals surface area contributed by atoms with Crippen molar-refractivity contribution in [2.45, 2.75) is 26.0 Å². The van der Waals surface area contributed by atoms with Crippen molar-refractivity contribution in [1.82, 2.24) is 0 Å². The van der Waals surface area contributed by atoms with Gasteiger partial charge in [-0.1, -0.05) is 6.07 Å². The molecule has 106 valence electrons. The topological polar surface area (TPSA) is 78.6 Å². The minimum absolute atomic E-state index is 0.0806. The number of nitrogens with two attached hydrogens (primary N) is 1. The first-order valence-electron chi connectivity index (χ1n) is 6.37. The van der Waals surface area contributed by atoms with Gasteiger partial charge in [-0.05, 0) is 31.0 Å². The minimum Gasteiger partial charge on any atom is -0.490 e. The van der Waals surface area contributed by atoms with Crippen molar-refractivity contribution >= 4 is 9.84 Å². The maximum Gasteiger partial charge on any atom is 0.161 e. The Balaban J connectivity index is 2.15. The Morgan fingerprint density at radius 1 is 1.37 bits per heavy atom. The molecule has 1 aliphatic rings. The summed E-state index contributed by atoms with van der Waals surface area (Å²) in [5.74, 6) is 1.48. The molecular weight excluding hydrogens is 266 g/mol. The summed E-state index contributed by atoms with van der Waals surface area (Å²) >= 11 is 0. The van der Waals surface area contributed by atoms with Crippen LogP contribution in [0.3, 0.4) is 0 Å². The molecule has 0 aliphatic carbocycles. The molecule has 2 rings (SSSR count). The second-order valence-corrected chi connectivity index (χ2v) is 6.79. The molecule has 0 aromatic heterocycles. The molecule has 5 nitrogen and oxygen atoms in total. The summed E-state index contributed by atoms with van der Waals surface area (Å²) < 4.78 is 34.1. The molecule has 0 radical (unpaired) electrons. The van der Waals surface area contributed by atoms with E-state index in [-0.39, 0.29) is 17.6 Å². The van der Waals surface area contributed by atoms with E-state index in [2.05, 4.69) is 0 Å². The van der Waals surface area contributed by atoms with Crippen molar-refractivity contribution in [3.05, 3.63) is 23.8 Å². The van der Waals surface area contributed by atoms with E-state index in [4.69, 9.17) is 15.2 Å². The Morgan fingerprint density at radius 3 is 2.74 bits per heavy atom. The molecule has 0 saturated carbocycles. The lowest BCUT2D eigenvalue weighted by Gasteiger charge is -2.16. The van der Waals surface area contributed by atoms with Crippen LogP contribution in [-0.4, -0.2) is 32.6 Å². The van der Waals surface area contributed by atoms with Crippen molar-refractivity contribution in [1.29, 1.82) is 0 Å². The third kappa shape index (κ3) is 3.61. The molecule has 6 heteroatoms. The van der Waals surface area contributed by atoms with Crippen LogP contribution < -0.4 is 15.2 Å². The van der Waals surface area contributed by atoms with Gasteiger partial charge in [0, 0.05) is 6.54 Å². The Hall–Kier alpha value is -1.27. The Kier molecular flexibility index (Phi) is 4.31. The zero-order chi connectivity index (χ0) is 13.9. The van der Waals surface area contributed by atoms with Gasteiger partial charge < -0.3 is 15.2 Å². The average Bonchev–Trinajstić information content (AvgIpc) is 2.71. The van der Waals surface area contributed by atoms with Gasteiger partial charge in [0.2, 0.25) is 0 Å². The van der Waals surface area contributed by atoms with Gasteiger partial charge in [0.1, 0.15) is 6.10 Å². The zero-order valence-electron chi connectivity index (χ0n) is 11.0. The summed E-state index contributed by atoms with van der Waals surface area (Å²) in [5.41, 5.74) is 6.54. The second kappa shape index (κ2) is 5.79. The quantitative estimate of drug-likeness (QED) is 0.876. The number of benzene rings is 1. The average molecular weight is 285 g/mol. The van der Waals surface area contributed by atoms with Gasteiger partial charge in [0.05, 0.1) is 18.1 Å². The SMILES string of the molecule is CCOc1cc(CN)ccc1OC1CCS(=O)(=O)C1. The molecule has 1 aliphatic heterocycles. The lowest BCUT2D eigenvalue weighted by molar-refractivity contribution is 0.213. The van der Waals surface area contributed by atoms with E-state index in [0.717, 1.165) is 5.56 Å². The molecule has 0 spiro atoms. The molecule has 1 heterocycles. The Morgan fingerprint density at radius 2 is 2.16 bits per heavy atom. The van der Waals surface area contributed by atoms with Crippen LogP contribution in [0, 0.1) is 0 Å². The largest absolute Gasteiger partial charge is 0.490 e. The van der Waals surface area contributed by atoms with Gasteiger partial charge in [-0.25, -0.2) is 8.42 Å². The van der Waals surface area contributed by atoms with Crippen molar-refractivity contribution in [3.63, 3.8) is 0 Å². The van der Waals surface area contributed by atoms with E-state index in [0.29, 0.717) is 31.1 Å². The maximum atomic E-state index is 11.4. The first kappa shape index (κ1) is 14.1. The van der Waals surface area contributed by atoms with Gasteiger partial charge in [-0.3, -0.25) is 0 Å². The van der Waals surface area contributed by atoms with E-state index in [1.165, 1.54) is 0 Å². The summed E-state index contributed by atoms with van der Waals surface area (Å²) in [6.07, 6.45) is 0.250. The number of hydrogen-bond acceptors (Lipinski definition) is 5. The van der Waals surface area contributed by atoms with Crippen LogP contribution in [0.1, 0.15) is 18.9 Å². The number of rotatable bonds is 5. The monoisotopic (exact) mass is 285 g/mol. The lowest BCUT2D eigenvalue weighted by Crippen LogP contribution is -2.18. The zero-order valence-corrected chi connectivity index (χ0v) is 11.8. The predicted octanol–water partition coefficient (Wildman–Crippen LogP) is 1.11. The van der Waals surface area contributed by atoms with Crippen LogP contribution in [0.5, 0.6) is 11.5 Å². The summed E-state index contributed by atoms with van der Waals surface area (Å²) in [6.45, 7) is 2.84. The van der Waals surface area contributed by atoms with Gasteiger partial charge >= 0.3 is 0 Å². The molecule has 1 aromatic rings. The number of sulfone groups is 1. The van der Waals surface area contributed by atoms with Crippen molar-refractivity contribution < 1.29 is 17.9 Å². The molecule has 2 N–H and O–H groups in total. The second-order valence-electron chi connectivity index (χ2n) is 4.56. The van der Waals surface area contributed by atoms with Gasteiger partial charge in [0.15, 0.2) is 21.3 Å². The molecule has 1 fully saturated rings. The van der Waals surface area contributed by atoms with E-state index in [9.17, 15) is 8.42 Å². The molecule has 1 saturated heterocycles. The van der Waals surface area contributed by atoms with Crippen LogP contribution in [0.2, 0.25) is 0 Å². The van der Waals surface area contributed by atoms with Gasteiger partial charge in [0.25, 0.3) is 0 Å². The predicted molar refractivity (Wildman–Crippen MR) is 73.2 cm³/mol. The third-order valence-electron chi connectivity index (χ3n) is 3.03. The fourth-order valence-electron chi connectivity index (χ4n) is 2.08. The third-order valence-corrected chi connectivity index (χ3v) is 4.77. The van der Waals surface area contributed by atoms with Crippen LogP contribution in [0.4, 0.5) is 0 Å². The highest BCUT2D eigenvalue weighted by molar-refractivity contribution is 7.91. The first-order valence-corrected chi connectivity index (χ1v) is 8.19. The minimum atomic E-state index is -2.94. The lowest BCUT2D eigenvalue weighted by atomic mass is 10.2. The molecule has 1 unspecified atom stereocenters. The van der Waals surface area contributed by atoms with E-state index >= 15 is 0 Å². The van der Waals surface area contributed by atoms with Crippen LogP contribution in [0.25, 0.3) is 0 Å². The first-order chi connectivity index (χ1) is 9.04. The standard InChI is InChI=1S/C13H19NO4S/c1-2-17-13-7-10(8-14)3-4-12(13)18-11-5-6-19(15,16)9-11/h3-4,7,11H,2,5-6,8-9,14H2,1H3. The fraction of sp³-hybridized carbons (Fsp3) is 0.538. The van der Waals surface area contributed by atoms with E-state index in [1.54, 1.807) is 6.07 Å². The number of ether oxygens (including phenoxy) is 2. The van der Waals surface area contributed by atoms with Gasteiger partial charge in [-0.15, -0.1) is 0 Å². The molecule has 1 aromatic carbocycles. The molecule has 19 heavy (non-hydrogen) atoms. The fourth-order valence-corrected chi connectivity index (χ4v) is 3.67. The van der Waals surface area contributed by atoms with Crippen molar-refractivity contribution in [2.24, 2.45) is 5.73 Å². The highest BCUT2D eigenvalue weighted by atomic mass is 32.2. The number of hydrogen-bond donors (Lipinski definition) is 1. The molecule has 1 atom stereocenters. The summed E-state index contributed by atoms with van der Waals surface area (Å²) in [7, 11) is -2.94. The molecular formula is C13H19NO4S. The van der Waals surface area contributed by atoms with Gasteiger partial charge in [-0.2, -0.15) is 0 Å². The van der Waals surface area contributed by atoms with Crippen LogP contribution >= 0.6 is 0 Å². The van der Waals surface area contributed by atoms with Crippen molar-refractivity contribution in [3.8, 4) is 11.5 Å². The smallest absolute Gasteiger partial charge is 0.161 e. The van der Waals surface area contributed by atoms with Crippen LogP contribution in [-0.2, 0) is 16.4 Å². The summed E-state index contributed by atoms with van der Waals surface area (Å²) in [6, 6.07) is 5.49. The van der Waals surface area contributed by atoms with Crippen molar-refractivity contribution in [2.75, 3.05) is 18.1 Å². The Labute approximate surface area is 113 Å². The van der Waals surface area contributed by atoms with Crippen LogP contribution in [0.15, 0.2) is 18.2 Å². The van der Waals surface area contributed by atoms with E-state index in [1.807, 2.05) is 19.1 Å². The highest BCUT2D eigenvalue weighted by Crippen LogP contribution is 2.31. The van der Waals surface area contributed by atoms with E-state index < -0.39 is 9.84 Å². The Bertz CT molecular complexity index is 542. The normalized spacial score (nSPS) is 21.3. The molecule has 0 amide bonds. The highest BCUT2D eigenvalue weighted by Gasteiger charge is 2.30. The summed E-state index contributed by atoms with van der Waals surface area (Å²) in [5, 5.41) is 0. The maximum absolute atomic E-state index is 11.4. The summed E-state index contributed by atoms with van der Waals surface area (Å²) in [4.78, 5) is 0. The molecule has 0 bridgehead atoms.